The van der Waals surface area contributed by atoms with Crippen LogP contribution in [0.2, 0.25) is 0 Å². The molecule has 0 aliphatic heterocycles. The maximum atomic E-state index is 11.5. The van der Waals surface area contributed by atoms with Gasteiger partial charge in [0.25, 0.3) is 0 Å². The zero-order valence-corrected chi connectivity index (χ0v) is 6.86. The largest absolute Gasteiger partial charge is 0.414 e. The van der Waals surface area contributed by atoms with E-state index < -0.39 is 18.7 Å². The lowest BCUT2D eigenvalue weighted by Gasteiger charge is -2.07. The summed E-state index contributed by atoms with van der Waals surface area (Å²) in [6.45, 7) is -1.17. The van der Waals surface area contributed by atoms with Gasteiger partial charge in [-0.05, 0) is 13.0 Å². The van der Waals surface area contributed by atoms with Crippen LogP contribution in [-0.2, 0) is 9.63 Å². The molecule has 0 radical (unpaired) electrons. The van der Waals surface area contributed by atoms with E-state index in [1.807, 2.05) is 0 Å². The van der Waals surface area contributed by atoms with Gasteiger partial charge in [0, 0.05) is 6.42 Å². The highest BCUT2D eigenvalue weighted by atomic mass is 19.4. The molecular weight excluding hydrogens is 189 g/mol. The van der Waals surface area contributed by atoms with Gasteiger partial charge in [0.1, 0.15) is 0 Å². The van der Waals surface area contributed by atoms with E-state index in [0.717, 1.165) is 0 Å². The van der Waals surface area contributed by atoms with Crippen LogP contribution in [0.25, 0.3) is 0 Å². The second kappa shape index (κ2) is 5.76. The van der Waals surface area contributed by atoms with Gasteiger partial charge in [-0.2, -0.15) is 13.2 Å². The summed E-state index contributed by atoms with van der Waals surface area (Å²) in [6, 6.07) is 0. The fourth-order valence-corrected chi connectivity index (χ4v) is 0.512. The summed E-state index contributed by atoms with van der Waals surface area (Å²) in [5.41, 5.74) is 6.73. The summed E-state index contributed by atoms with van der Waals surface area (Å²) in [4.78, 5) is 14.5. The Morgan fingerprint density at radius 3 is 2.54 bits per heavy atom. The molecule has 7 heteroatoms. The molecule has 0 aromatic heterocycles. The van der Waals surface area contributed by atoms with Gasteiger partial charge in [0.2, 0.25) is 5.91 Å². The smallest absolute Gasteiger partial charge is 0.330 e. The first-order valence-corrected chi connectivity index (χ1v) is 3.63. The normalized spacial score (nSPS) is 11.4. The van der Waals surface area contributed by atoms with E-state index in [9.17, 15) is 18.0 Å². The van der Waals surface area contributed by atoms with Crippen LogP contribution in [0.15, 0.2) is 0 Å². The molecular formula is C6H11F3N2O2. The molecule has 0 unspecified atom stereocenters. The number of alkyl halides is 3. The molecule has 0 heterocycles. The van der Waals surface area contributed by atoms with Crippen molar-refractivity contribution in [2.24, 2.45) is 5.73 Å². The third kappa shape index (κ3) is 9.09. The first-order chi connectivity index (χ1) is 5.95. The molecule has 0 aromatic rings. The van der Waals surface area contributed by atoms with E-state index in [1.54, 1.807) is 5.48 Å². The highest BCUT2D eigenvalue weighted by Gasteiger charge is 2.28. The van der Waals surface area contributed by atoms with Crippen molar-refractivity contribution in [2.45, 2.75) is 19.0 Å². The van der Waals surface area contributed by atoms with Gasteiger partial charge in [-0.25, -0.2) is 5.48 Å². The van der Waals surface area contributed by atoms with Crippen LogP contribution >= 0.6 is 0 Å². The average Bonchev–Trinajstić information content (AvgIpc) is 1.98. The summed E-state index contributed by atoms with van der Waals surface area (Å²) < 4.78 is 34.4. The fraction of sp³-hybridized carbons (Fsp3) is 0.833. The number of carbonyl (C=O) groups is 1. The maximum Gasteiger partial charge on any atom is 0.414 e. The van der Waals surface area contributed by atoms with E-state index >= 15 is 0 Å². The molecule has 0 rings (SSSR count). The van der Waals surface area contributed by atoms with E-state index in [4.69, 9.17) is 5.73 Å². The second-order valence-corrected chi connectivity index (χ2v) is 2.32. The zero-order valence-electron chi connectivity index (χ0n) is 6.86. The number of nitrogens with two attached hydrogens (primary N) is 1. The van der Waals surface area contributed by atoms with Crippen LogP contribution in [0.4, 0.5) is 13.2 Å². The van der Waals surface area contributed by atoms with E-state index in [1.165, 1.54) is 0 Å². The number of hydrogen-bond acceptors (Lipinski definition) is 3. The molecule has 13 heavy (non-hydrogen) atoms. The van der Waals surface area contributed by atoms with Crippen LogP contribution in [0.5, 0.6) is 0 Å². The Labute approximate surface area is 73.2 Å². The number of hydrogen-bond donors (Lipinski definition) is 2. The number of nitrogens with one attached hydrogen (secondary N) is 1. The molecule has 0 spiro atoms. The predicted octanol–water partition coefficient (Wildman–Crippen LogP) is 0.335. The Morgan fingerprint density at radius 1 is 1.46 bits per heavy atom. The minimum Gasteiger partial charge on any atom is -0.330 e. The van der Waals surface area contributed by atoms with Crippen LogP contribution in [-0.4, -0.2) is 25.2 Å². The Bertz CT molecular complexity index is 160. The average molecular weight is 200 g/mol. The lowest BCUT2D eigenvalue weighted by molar-refractivity contribution is -0.191. The molecule has 4 nitrogen and oxygen atoms in total. The summed E-state index contributed by atoms with van der Waals surface area (Å²) >= 11 is 0. The van der Waals surface area contributed by atoms with Crippen LogP contribution in [0.3, 0.4) is 0 Å². The van der Waals surface area contributed by atoms with Crippen molar-refractivity contribution < 1.29 is 22.8 Å². The molecule has 0 saturated carbocycles. The highest BCUT2D eigenvalue weighted by molar-refractivity contribution is 5.74. The SMILES string of the molecule is NCCCC(=O)NOCC(F)(F)F. The Morgan fingerprint density at radius 2 is 2.08 bits per heavy atom. The van der Waals surface area contributed by atoms with Gasteiger partial charge in [0.05, 0.1) is 0 Å². The highest BCUT2D eigenvalue weighted by Crippen LogP contribution is 2.13. The Hall–Kier alpha value is -0.820. The molecule has 0 bridgehead atoms. The molecule has 0 aliphatic rings. The number of amides is 1. The summed E-state index contributed by atoms with van der Waals surface area (Å²) in [5.74, 6) is -0.602. The molecule has 0 aliphatic carbocycles. The lowest BCUT2D eigenvalue weighted by Crippen LogP contribution is -2.29. The summed E-state index contributed by atoms with van der Waals surface area (Å²) in [6.07, 6.45) is -3.95. The van der Waals surface area contributed by atoms with Crippen molar-refractivity contribution in [1.29, 1.82) is 0 Å². The molecule has 3 N–H and O–H groups in total. The number of halogens is 3. The molecule has 0 aromatic carbocycles. The van der Waals surface area contributed by atoms with Crippen molar-refractivity contribution in [3.05, 3.63) is 0 Å². The molecule has 0 saturated heterocycles. The van der Waals surface area contributed by atoms with E-state index in [-0.39, 0.29) is 6.42 Å². The van der Waals surface area contributed by atoms with Crippen molar-refractivity contribution >= 4 is 5.91 Å². The third-order valence-corrected chi connectivity index (χ3v) is 1.03. The van der Waals surface area contributed by atoms with E-state index in [2.05, 4.69) is 4.84 Å². The second-order valence-electron chi connectivity index (χ2n) is 2.32. The van der Waals surface area contributed by atoms with Gasteiger partial charge < -0.3 is 5.73 Å². The fourth-order valence-electron chi connectivity index (χ4n) is 0.512. The van der Waals surface area contributed by atoms with E-state index in [0.29, 0.717) is 13.0 Å². The number of hydroxylamine groups is 1. The van der Waals surface area contributed by atoms with Crippen molar-refractivity contribution in [2.75, 3.05) is 13.2 Å². The van der Waals surface area contributed by atoms with Gasteiger partial charge >= 0.3 is 6.18 Å². The zero-order chi connectivity index (χ0) is 10.3. The number of rotatable bonds is 5. The Kier molecular flexibility index (Phi) is 5.40. The maximum absolute atomic E-state index is 11.5. The first kappa shape index (κ1) is 12.2. The lowest BCUT2D eigenvalue weighted by atomic mass is 10.3. The van der Waals surface area contributed by atoms with Crippen LogP contribution in [0.1, 0.15) is 12.8 Å². The third-order valence-electron chi connectivity index (χ3n) is 1.03. The molecule has 1 amide bonds. The van der Waals surface area contributed by atoms with Crippen LogP contribution < -0.4 is 11.2 Å². The van der Waals surface area contributed by atoms with Gasteiger partial charge in [-0.1, -0.05) is 0 Å². The molecule has 0 fully saturated rings. The van der Waals surface area contributed by atoms with Gasteiger partial charge in [-0.15, -0.1) is 0 Å². The number of carbonyl (C=O) groups excluding carboxylic acids is 1. The van der Waals surface area contributed by atoms with Crippen molar-refractivity contribution in [3.63, 3.8) is 0 Å². The van der Waals surface area contributed by atoms with Crippen molar-refractivity contribution in [1.82, 2.24) is 5.48 Å². The minimum absolute atomic E-state index is 0.0638. The van der Waals surface area contributed by atoms with Gasteiger partial charge in [0.15, 0.2) is 6.61 Å². The van der Waals surface area contributed by atoms with Crippen molar-refractivity contribution in [3.8, 4) is 0 Å². The van der Waals surface area contributed by atoms with Gasteiger partial charge in [-0.3, -0.25) is 9.63 Å². The standard InChI is InChI=1S/C6H11F3N2O2/c7-6(8,9)4-13-11-5(12)2-1-3-10/h1-4,10H2,(H,11,12). The predicted molar refractivity (Wildman–Crippen MR) is 38.4 cm³/mol. The summed E-state index contributed by atoms with van der Waals surface area (Å²) in [7, 11) is 0. The minimum atomic E-state index is -4.43. The molecule has 78 valence electrons. The summed E-state index contributed by atoms with van der Waals surface area (Å²) in [5, 5.41) is 0. The monoisotopic (exact) mass is 200 g/mol. The Balaban J connectivity index is 3.37. The molecule has 0 atom stereocenters. The van der Waals surface area contributed by atoms with Crippen LogP contribution in [0, 0.1) is 0 Å². The first-order valence-electron chi connectivity index (χ1n) is 3.63. The quantitative estimate of drug-likeness (QED) is 0.629. The topological polar surface area (TPSA) is 64.4 Å².